The van der Waals surface area contributed by atoms with Crippen LogP contribution in [0.2, 0.25) is 0 Å². The molecule has 142 valence electrons. The van der Waals surface area contributed by atoms with E-state index in [-0.39, 0.29) is 24.6 Å². The number of carbonyl (C=O) groups is 2. The van der Waals surface area contributed by atoms with Gasteiger partial charge in [0.25, 0.3) is 0 Å². The quantitative estimate of drug-likeness (QED) is 0.777. The van der Waals surface area contributed by atoms with E-state index in [2.05, 4.69) is 21.2 Å². The number of benzene rings is 2. The molecule has 0 unspecified atom stereocenters. The summed E-state index contributed by atoms with van der Waals surface area (Å²) < 4.78 is 25.0. The average molecular weight is 437 g/mol. The molecule has 0 spiro atoms. The summed E-state index contributed by atoms with van der Waals surface area (Å²) in [6, 6.07) is 9.48. The lowest BCUT2D eigenvalue weighted by Crippen LogP contribution is -2.28. The molecule has 2 aromatic carbocycles. The summed E-state index contributed by atoms with van der Waals surface area (Å²) in [6.45, 7) is 0.173. The highest BCUT2D eigenvalue weighted by Gasteiger charge is 2.36. The van der Waals surface area contributed by atoms with Crippen LogP contribution >= 0.6 is 15.9 Å². The molecular formula is C19H18BrFN2O4. The Morgan fingerprint density at radius 3 is 2.67 bits per heavy atom. The zero-order valence-electron chi connectivity index (χ0n) is 14.8. The lowest BCUT2D eigenvalue weighted by atomic mass is 10.1. The molecule has 0 saturated carbocycles. The van der Waals surface area contributed by atoms with E-state index < -0.39 is 17.6 Å². The maximum atomic E-state index is 13.9. The van der Waals surface area contributed by atoms with Crippen LogP contribution in [-0.4, -0.2) is 32.6 Å². The number of rotatable bonds is 5. The van der Waals surface area contributed by atoms with E-state index in [0.717, 1.165) is 0 Å². The molecule has 0 aliphatic carbocycles. The van der Waals surface area contributed by atoms with Crippen molar-refractivity contribution in [2.24, 2.45) is 5.92 Å². The third-order valence-electron chi connectivity index (χ3n) is 4.36. The molecule has 1 N–H and O–H groups in total. The number of hydrogen-bond acceptors (Lipinski definition) is 4. The van der Waals surface area contributed by atoms with Gasteiger partial charge in [-0.25, -0.2) is 4.39 Å². The number of hydrogen-bond donors (Lipinski definition) is 1. The van der Waals surface area contributed by atoms with Crippen LogP contribution < -0.4 is 19.7 Å². The summed E-state index contributed by atoms with van der Waals surface area (Å²) in [5, 5.41) is 2.55. The first-order valence-corrected chi connectivity index (χ1v) is 9.00. The van der Waals surface area contributed by atoms with Crippen LogP contribution in [0.25, 0.3) is 0 Å². The summed E-state index contributed by atoms with van der Waals surface area (Å²) in [6.07, 6.45) is 0.0321. The zero-order valence-corrected chi connectivity index (χ0v) is 16.4. The molecule has 8 heteroatoms. The third kappa shape index (κ3) is 4.05. The Hall–Kier alpha value is -2.61. The molecule has 1 aliphatic heterocycles. The van der Waals surface area contributed by atoms with Gasteiger partial charge in [-0.3, -0.25) is 9.59 Å². The van der Waals surface area contributed by atoms with Crippen molar-refractivity contribution in [3.05, 3.63) is 46.7 Å². The van der Waals surface area contributed by atoms with Crippen molar-refractivity contribution in [3.8, 4) is 11.5 Å². The van der Waals surface area contributed by atoms with Crippen LogP contribution in [0.15, 0.2) is 40.9 Å². The highest BCUT2D eigenvalue weighted by molar-refractivity contribution is 9.10. The zero-order chi connectivity index (χ0) is 19.6. The molecule has 0 radical (unpaired) electrons. The molecule has 1 fully saturated rings. The Labute approximate surface area is 164 Å². The van der Waals surface area contributed by atoms with Gasteiger partial charge in [-0.1, -0.05) is 15.9 Å². The predicted octanol–water partition coefficient (Wildman–Crippen LogP) is 3.60. The van der Waals surface area contributed by atoms with E-state index in [1.54, 1.807) is 24.3 Å². The third-order valence-corrected chi connectivity index (χ3v) is 4.85. The van der Waals surface area contributed by atoms with Gasteiger partial charge in [0, 0.05) is 23.5 Å². The highest BCUT2D eigenvalue weighted by atomic mass is 79.9. The normalized spacial score (nSPS) is 16.4. The van der Waals surface area contributed by atoms with Gasteiger partial charge in [0.05, 0.1) is 31.5 Å². The number of halogens is 2. The minimum atomic E-state index is -0.601. The summed E-state index contributed by atoms with van der Waals surface area (Å²) in [5.41, 5.74) is 0.611. The van der Waals surface area contributed by atoms with Gasteiger partial charge in [-0.05, 0) is 30.3 Å². The topological polar surface area (TPSA) is 67.9 Å². The van der Waals surface area contributed by atoms with Crippen LogP contribution in [0.3, 0.4) is 0 Å². The smallest absolute Gasteiger partial charge is 0.229 e. The second-order valence-electron chi connectivity index (χ2n) is 6.06. The van der Waals surface area contributed by atoms with Crippen molar-refractivity contribution in [2.75, 3.05) is 31.0 Å². The van der Waals surface area contributed by atoms with Crippen LogP contribution in [0.4, 0.5) is 15.8 Å². The van der Waals surface area contributed by atoms with Gasteiger partial charge in [0.1, 0.15) is 17.3 Å². The first-order valence-electron chi connectivity index (χ1n) is 8.21. The Morgan fingerprint density at radius 2 is 2.00 bits per heavy atom. The number of nitrogens with one attached hydrogen (secondary N) is 1. The highest BCUT2D eigenvalue weighted by Crippen LogP contribution is 2.36. The Morgan fingerprint density at radius 1 is 1.22 bits per heavy atom. The summed E-state index contributed by atoms with van der Waals surface area (Å²) >= 11 is 3.17. The van der Waals surface area contributed by atoms with Crippen molar-refractivity contribution in [3.63, 3.8) is 0 Å². The summed E-state index contributed by atoms with van der Waals surface area (Å²) in [7, 11) is 3.03. The number of nitrogens with zero attached hydrogens (tertiary/aromatic N) is 1. The van der Waals surface area contributed by atoms with Gasteiger partial charge in [-0.2, -0.15) is 0 Å². The fourth-order valence-corrected chi connectivity index (χ4v) is 3.28. The molecular weight excluding hydrogens is 419 g/mol. The molecule has 2 aromatic rings. The van der Waals surface area contributed by atoms with Crippen LogP contribution in [0.5, 0.6) is 11.5 Å². The number of ether oxygens (including phenoxy) is 2. The average Bonchev–Trinajstić information content (AvgIpc) is 3.05. The summed E-state index contributed by atoms with van der Waals surface area (Å²) in [5.74, 6) is -0.690. The van der Waals surface area contributed by atoms with Gasteiger partial charge >= 0.3 is 0 Å². The molecule has 0 bridgehead atoms. The maximum absolute atomic E-state index is 13.9. The molecule has 1 aliphatic rings. The van der Waals surface area contributed by atoms with Crippen LogP contribution in [0, 0.1) is 11.7 Å². The van der Waals surface area contributed by atoms with Gasteiger partial charge < -0.3 is 19.7 Å². The molecule has 1 saturated heterocycles. The number of methoxy groups -OCH3 is 2. The molecule has 2 amide bonds. The lowest BCUT2D eigenvalue weighted by molar-refractivity contribution is -0.122. The van der Waals surface area contributed by atoms with E-state index >= 15 is 0 Å². The molecule has 27 heavy (non-hydrogen) atoms. The lowest BCUT2D eigenvalue weighted by Gasteiger charge is -2.20. The van der Waals surface area contributed by atoms with E-state index in [4.69, 9.17) is 9.47 Å². The Kier molecular flexibility index (Phi) is 5.65. The largest absolute Gasteiger partial charge is 0.497 e. The van der Waals surface area contributed by atoms with Crippen LogP contribution in [0.1, 0.15) is 6.42 Å². The Bertz CT molecular complexity index is 890. The number of amides is 2. The van der Waals surface area contributed by atoms with E-state index in [1.807, 2.05) is 0 Å². The molecule has 1 atom stereocenters. The second-order valence-corrected chi connectivity index (χ2v) is 6.97. The minimum Gasteiger partial charge on any atom is -0.497 e. The Balaban J connectivity index is 1.78. The van der Waals surface area contributed by atoms with Crippen molar-refractivity contribution >= 4 is 39.1 Å². The van der Waals surface area contributed by atoms with Crippen molar-refractivity contribution in [1.82, 2.24) is 0 Å². The maximum Gasteiger partial charge on any atom is 0.229 e. The predicted molar refractivity (Wildman–Crippen MR) is 103 cm³/mol. The summed E-state index contributed by atoms with van der Waals surface area (Å²) in [4.78, 5) is 26.5. The monoisotopic (exact) mass is 436 g/mol. The number of anilines is 2. The first-order chi connectivity index (χ1) is 12.9. The SMILES string of the molecule is COc1ccc(OC)c(N2C[C@@H](C(=O)Nc3ccc(Br)cc3F)CC2=O)c1. The van der Waals surface area contributed by atoms with Gasteiger partial charge in [-0.15, -0.1) is 0 Å². The second kappa shape index (κ2) is 7.96. The minimum absolute atomic E-state index is 0.0321. The van der Waals surface area contributed by atoms with Crippen molar-refractivity contribution in [2.45, 2.75) is 6.42 Å². The molecule has 3 rings (SSSR count). The van der Waals surface area contributed by atoms with Crippen molar-refractivity contribution in [1.29, 1.82) is 0 Å². The first kappa shape index (κ1) is 19.2. The number of carbonyl (C=O) groups excluding carboxylic acids is 2. The van der Waals surface area contributed by atoms with E-state index in [0.29, 0.717) is 21.7 Å². The fourth-order valence-electron chi connectivity index (χ4n) is 2.95. The van der Waals surface area contributed by atoms with Crippen molar-refractivity contribution < 1.29 is 23.5 Å². The van der Waals surface area contributed by atoms with Gasteiger partial charge in [0.15, 0.2) is 0 Å². The van der Waals surface area contributed by atoms with Gasteiger partial charge in [0.2, 0.25) is 11.8 Å². The molecule has 1 heterocycles. The molecule has 0 aromatic heterocycles. The van der Waals surface area contributed by atoms with E-state index in [9.17, 15) is 14.0 Å². The standard InChI is InChI=1S/C19H18BrFN2O4/c1-26-13-4-6-17(27-2)16(9-13)23-10-11(7-18(23)24)19(25)22-15-5-3-12(20)8-14(15)21/h3-6,8-9,11H,7,10H2,1-2H3,(H,22,25)/t11-/m0/s1. The van der Waals surface area contributed by atoms with Crippen LogP contribution in [-0.2, 0) is 9.59 Å². The fraction of sp³-hybridized carbons (Fsp3) is 0.263. The molecule has 6 nitrogen and oxygen atoms in total. The van der Waals surface area contributed by atoms with E-state index in [1.165, 1.54) is 31.3 Å².